The Labute approximate surface area is 175 Å². The molecule has 0 amide bonds. The molecule has 0 spiro atoms. The van der Waals surface area contributed by atoms with Crippen molar-refractivity contribution in [1.82, 2.24) is 9.97 Å². The molecule has 0 unspecified atom stereocenters. The maximum Gasteiger partial charge on any atom is 0.137 e. The number of nitrogens with zero attached hydrogens (tertiary/aromatic N) is 3. The van der Waals surface area contributed by atoms with Gasteiger partial charge >= 0.3 is 0 Å². The molecule has 152 valence electrons. The fourth-order valence-electron chi connectivity index (χ4n) is 3.44. The first-order valence-corrected chi connectivity index (χ1v) is 10.0. The Morgan fingerprint density at radius 3 is 2.57 bits per heavy atom. The van der Waals surface area contributed by atoms with Crippen LogP contribution in [-0.2, 0) is 17.8 Å². The van der Waals surface area contributed by atoms with Crippen molar-refractivity contribution in [1.29, 1.82) is 5.26 Å². The van der Waals surface area contributed by atoms with Gasteiger partial charge in [-0.3, -0.25) is 0 Å². The van der Waals surface area contributed by atoms with Crippen molar-refractivity contribution in [2.24, 2.45) is 0 Å². The van der Waals surface area contributed by atoms with Crippen molar-refractivity contribution in [2.45, 2.75) is 32.0 Å². The molecule has 0 radical (unpaired) electrons. The summed E-state index contributed by atoms with van der Waals surface area (Å²) in [7, 11) is 0. The van der Waals surface area contributed by atoms with E-state index in [1.807, 2.05) is 48.5 Å². The molecule has 1 fully saturated rings. The van der Waals surface area contributed by atoms with Crippen molar-refractivity contribution >= 4 is 0 Å². The van der Waals surface area contributed by atoms with Crippen LogP contribution < -0.4 is 4.74 Å². The van der Waals surface area contributed by atoms with E-state index in [2.05, 4.69) is 16.0 Å². The predicted octanol–water partition coefficient (Wildman–Crippen LogP) is 3.66. The van der Waals surface area contributed by atoms with Crippen LogP contribution in [0.25, 0.3) is 11.3 Å². The summed E-state index contributed by atoms with van der Waals surface area (Å²) in [4.78, 5) is 9.05. The number of aromatic nitrogens is 2. The van der Waals surface area contributed by atoms with E-state index >= 15 is 0 Å². The second kappa shape index (κ2) is 9.49. The molecule has 4 rings (SSSR count). The summed E-state index contributed by atoms with van der Waals surface area (Å²) < 4.78 is 11.4. The smallest absolute Gasteiger partial charge is 0.137 e. The normalized spacial score (nSPS) is 14.3. The second-order valence-corrected chi connectivity index (χ2v) is 7.26. The van der Waals surface area contributed by atoms with Crippen molar-refractivity contribution in [3.05, 3.63) is 77.2 Å². The van der Waals surface area contributed by atoms with Crippen LogP contribution in [0, 0.1) is 11.3 Å². The number of aliphatic hydroxyl groups excluding tert-OH is 1. The first-order chi connectivity index (χ1) is 14.7. The molecule has 6 nitrogen and oxygen atoms in total. The monoisotopic (exact) mass is 401 g/mol. The fourth-order valence-corrected chi connectivity index (χ4v) is 3.44. The molecule has 3 aromatic rings. The highest BCUT2D eigenvalue weighted by Gasteiger charge is 2.17. The lowest BCUT2D eigenvalue weighted by molar-refractivity contribution is 0.0254. The molecule has 0 atom stereocenters. The summed E-state index contributed by atoms with van der Waals surface area (Å²) in [6.45, 7) is 1.41. The first-order valence-electron chi connectivity index (χ1n) is 10.0. The molecule has 2 heterocycles. The van der Waals surface area contributed by atoms with Gasteiger partial charge in [0.2, 0.25) is 0 Å². The summed E-state index contributed by atoms with van der Waals surface area (Å²) in [5.41, 5.74) is 4.06. The van der Waals surface area contributed by atoms with E-state index in [-0.39, 0.29) is 12.7 Å². The summed E-state index contributed by atoms with van der Waals surface area (Å²) in [5, 5.41) is 18.8. The largest absolute Gasteiger partial charge is 0.489 e. The molecule has 6 heteroatoms. The zero-order valence-electron chi connectivity index (χ0n) is 16.6. The molecular formula is C24H23N3O3. The standard InChI is InChI=1S/C24H23N3O3/c25-15-20-14-19(5-6-23(20)30-21-8-11-29-12-9-21)22-7-10-26-24(27-22)13-17-1-3-18(16-28)4-2-17/h1-7,10,14,21,28H,8-9,11-13,16H2. The van der Waals surface area contributed by atoms with Crippen LogP contribution in [0.2, 0.25) is 0 Å². The van der Waals surface area contributed by atoms with E-state index in [0.29, 0.717) is 36.8 Å². The SMILES string of the molecule is N#Cc1cc(-c2ccnc(Cc3ccc(CO)cc3)n2)ccc1OC1CCOCC1. The molecule has 1 aliphatic heterocycles. The Balaban J connectivity index is 1.53. The Bertz CT molecular complexity index is 1040. The highest BCUT2D eigenvalue weighted by atomic mass is 16.5. The second-order valence-electron chi connectivity index (χ2n) is 7.26. The number of hydrogen-bond donors (Lipinski definition) is 1. The van der Waals surface area contributed by atoms with Crippen LogP contribution in [0.5, 0.6) is 5.75 Å². The van der Waals surface area contributed by atoms with Gasteiger partial charge < -0.3 is 14.6 Å². The zero-order chi connectivity index (χ0) is 20.8. The average Bonchev–Trinajstić information content (AvgIpc) is 2.81. The van der Waals surface area contributed by atoms with Gasteiger partial charge in [0, 0.05) is 31.0 Å². The molecule has 1 aliphatic rings. The summed E-state index contributed by atoms with van der Waals surface area (Å²) in [5.74, 6) is 1.30. The van der Waals surface area contributed by atoms with Crippen LogP contribution in [0.4, 0.5) is 0 Å². The number of nitriles is 1. The average molecular weight is 401 g/mol. The van der Waals surface area contributed by atoms with E-state index < -0.39 is 0 Å². The van der Waals surface area contributed by atoms with Crippen LogP contribution in [0.3, 0.4) is 0 Å². The molecule has 1 N–H and O–H groups in total. The first kappa shape index (κ1) is 20.0. The Kier molecular flexibility index (Phi) is 6.33. The molecule has 1 aromatic heterocycles. The van der Waals surface area contributed by atoms with Crippen LogP contribution in [-0.4, -0.2) is 34.4 Å². The lowest BCUT2D eigenvalue weighted by Gasteiger charge is -2.23. The summed E-state index contributed by atoms with van der Waals surface area (Å²) >= 11 is 0. The van der Waals surface area contributed by atoms with Crippen molar-refractivity contribution in [2.75, 3.05) is 13.2 Å². The molecule has 2 aromatic carbocycles. The van der Waals surface area contributed by atoms with Gasteiger partial charge in [0.25, 0.3) is 0 Å². The molecule has 1 saturated heterocycles. The van der Waals surface area contributed by atoms with Gasteiger partial charge in [-0.1, -0.05) is 24.3 Å². The summed E-state index contributed by atoms with van der Waals surface area (Å²) in [6, 6.07) is 17.4. The Morgan fingerprint density at radius 2 is 1.83 bits per heavy atom. The van der Waals surface area contributed by atoms with Gasteiger partial charge in [-0.25, -0.2) is 9.97 Å². The van der Waals surface area contributed by atoms with E-state index in [4.69, 9.17) is 9.47 Å². The molecule has 0 saturated carbocycles. The Morgan fingerprint density at radius 1 is 1.07 bits per heavy atom. The molecular weight excluding hydrogens is 378 g/mol. The van der Waals surface area contributed by atoms with Gasteiger partial charge in [0.1, 0.15) is 23.7 Å². The number of hydrogen-bond acceptors (Lipinski definition) is 6. The summed E-state index contributed by atoms with van der Waals surface area (Å²) in [6.07, 6.45) is 4.08. The van der Waals surface area contributed by atoms with Gasteiger partial charge in [0.15, 0.2) is 0 Å². The van der Waals surface area contributed by atoms with Crippen molar-refractivity contribution < 1.29 is 14.6 Å². The van der Waals surface area contributed by atoms with Gasteiger partial charge in [-0.15, -0.1) is 0 Å². The minimum atomic E-state index is 0.0295. The molecule has 0 bridgehead atoms. The highest BCUT2D eigenvalue weighted by molar-refractivity contribution is 5.64. The minimum Gasteiger partial charge on any atom is -0.489 e. The van der Waals surface area contributed by atoms with Crippen molar-refractivity contribution in [3.63, 3.8) is 0 Å². The molecule has 30 heavy (non-hydrogen) atoms. The third-order valence-electron chi connectivity index (χ3n) is 5.13. The van der Waals surface area contributed by atoms with E-state index in [0.717, 1.165) is 35.2 Å². The topological polar surface area (TPSA) is 88.3 Å². The van der Waals surface area contributed by atoms with E-state index in [1.165, 1.54) is 0 Å². The molecule has 0 aliphatic carbocycles. The van der Waals surface area contributed by atoms with Crippen LogP contribution in [0.15, 0.2) is 54.7 Å². The predicted molar refractivity (Wildman–Crippen MR) is 112 cm³/mol. The van der Waals surface area contributed by atoms with Crippen LogP contribution in [0.1, 0.15) is 35.4 Å². The maximum absolute atomic E-state index is 9.61. The van der Waals surface area contributed by atoms with Gasteiger partial charge in [-0.05, 0) is 35.4 Å². The van der Waals surface area contributed by atoms with Gasteiger partial charge in [0.05, 0.1) is 31.1 Å². The minimum absolute atomic E-state index is 0.0295. The van der Waals surface area contributed by atoms with Crippen LogP contribution >= 0.6 is 0 Å². The fraction of sp³-hybridized carbons (Fsp3) is 0.292. The number of ether oxygens (including phenoxy) is 2. The third-order valence-corrected chi connectivity index (χ3v) is 5.13. The van der Waals surface area contributed by atoms with Crippen molar-refractivity contribution in [3.8, 4) is 23.1 Å². The van der Waals surface area contributed by atoms with E-state index in [1.54, 1.807) is 6.20 Å². The lowest BCUT2D eigenvalue weighted by atomic mass is 10.1. The lowest BCUT2D eigenvalue weighted by Crippen LogP contribution is -2.26. The quantitative estimate of drug-likeness (QED) is 0.678. The van der Waals surface area contributed by atoms with E-state index in [9.17, 15) is 10.4 Å². The van der Waals surface area contributed by atoms with Gasteiger partial charge in [-0.2, -0.15) is 5.26 Å². The highest BCUT2D eigenvalue weighted by Crippen LogP contribution is 2.27. The Hall–Kier alpha value is -3.27. The maximum atomic E-state index is 9.61. The third kappa shape index (κ3) is 4.82. The number of benzene rings is 2. The number of aliphatic hydroxyl groups is 1. The zero-order valence-corrected chi connectivity index (χ0v) is 16.6. The number of rotatable bonds is 6.